The third kappa shape index (κ3) is 2.74. The van der Waals surface area contributed by atoms with Gasteiger partial charge in [0.15, 0.2) is 0 Å². The first-order valence-electron chi connectivity index (χ1n) is 3.96. The highest BCUT2D eigenvalue weighted by Gasteiger charge is 2.18. The summed E-state index contributed by atoms with van der Waals surface area (Å²) >= 11 is 2.55. The molecule has 1 aliphatic rings. The van der Waals surface area contributed by atoms with Crippen molar-refractivity contribution >= 4 is 22.6 Å². The van der Waals surface area contributed by atoms with Gasteiger partial charge in [0.05, 0.1) is 0 Å². The molecule has 0 spiro atoms. The summed E-state index contributed by atoms with van der Waals surface area (Å²) in [7, 11) is 1.80. The average Bonchev–Trinajstić information content (AvgIpc) is 1.95. The zero-order valence-corrected chi connectivity index (χ0v) is 8.63. The zero-order valence-electron chi connectivity index (χ0n) is 6.48. The molecule has 0 saturated heterocycles. The van der Waals surface area contributed by atoms with Gasteiger partial charge >= 0.3 is 0 Å². The summed E-state index contributed by atoms with van der Waals surface area (Å²) < 4.78 is 6.05. The molecule has 0 heterocycles. The lowest BCUT2D eigenvalue weighted by Gasteiger charge is -2.24. The van der Waals surface area contributed by atoms with Crippen LogP contribution in [0.5, 0.6) is 0 Å². The molecule has 0 atom stereocenters. The molecular weight excluding hydrogens is 239 g/mol. The Bertz CT molecular complexity index is 87.3. The van der Waals surface area contributed by atoms with Crippen LogP contribution in [0.15, 0.2) is 0 Å². The van der Waals surface area contributed by atoms with E-state index in [1.165, 1.54) is 25.7 Å². The first-order valence-corrected chi connectivity index (χ1v) is 5.20. The third-order valence-corrected chi connectivity index (χ3v) is 3.42. The average molecular weight is 254 g/mol. The van der Waals surface area contributed by atoms with Gasteiger partial charge in [0.1, 0.15) is 0 Å². The van der Waals surface area contributed by atoms with Crippen molar-refractivity contribution < 1.29 is 4.74 Å². The molecule has 0 aromatic rings. The second-order valence-electron chi connectivity index (χ2n) is 3.07. The lowest BCUT2D eigenvalue weighted by molar-refractivity contribution is 0.133. The number of hydrogen-bond donors (Lipinski definition) is 0. The van der Waals surface area contributed by atoms with E-state index in [0.717, 1.165) is 16.4 Å². The molecule has 0 aromatic carbocycles. The van der Waals surface area contributed by atoms with Crippen LogP contribution in [0.3, 0.4) is 0 Å². The van der Waals surface area contributed by atoms with E-state index in [2.05, 4.69) is 22.6 Å². The molecule has 10 heavy (non-hydrogen) atoms. The number of alkyl halides is 1. The van der Waals surface area contributed by atoms with Crippen molar-refractivity contribution in [3.63, 3.8) is 0 Å². The first-order chi connectivity index (χ1) is 4.83. The topological polar surface area (TPSA) is 9.23 Å². The number of ether oxygens (including phenoxy) is 1. The molecule has 0 aliphatic heterocycles. The Hall–Kier alpha value is 0.690. The summed E-state index contributed by atoms with van der Waals surface area (Å²) in [6, 6.07) is 0. The van der Waals surface area contributed by atoms with Crippen LogP contribution < -0.4 is 0 Å². The molecular formula is C8H15IO. The van der Waals surface area contributed by atoms with Gasteiger partial charge in [-0.1, -0.05) is 22.6 Å². The van der Waals surface area contributed by atoms with Gasteiger partial charge in [-0.15, -0.1) is 0 Å². The molecule has 0 amide bonds. The second kappa shape index (κ2) is 4.54. The summed E-state index contributed by atoms with van der Waals surface area (Å²) in [4.78, 5) is 0. The zero-order chi connectivity index (χ0) is 7.40. The molecule has 1 rings (SSSR count). The lowest BCUT2D eigenvalue weighted by atomic mass is 9.90. The Morgan fingerprint density at radius 3 is 2.40 bits per heavy atom. The van der Waals surface area contributed by atoms with Crippen LogP contribution in [0.4, 0.5) is 0 Å². The number of hydrogen-bond acceptors (Lipinski definition) is 1. The summed E-state index contributed by atoms with van der Waals surface area (Å²) in [6.07, 6.45) is 5.55. The normalized spacial score (nSPS) is 34.2. The molecule has 1 nitrogen and oxygen atoms in total. The van der Waals surface area contributed by atoms with Gasteiger partial charge in [-0.25, -0.2) is 0 Å². The van der Waals surface area contributed by atoms with E-state index in [0.29, 0.717) is 0 Å². The molecule has 0 N–H and O–H groups in total. The van der Waals surface area contributed by atoms with Crippen LogP contribution in [0.25, 0.3) is 0 Å². The standard InChI is InChI=1S/C8H15IO/c1-10-6-7-2-4-8(9)5-3-7/h7-8H,2-6H2,1H3. The van der Waals surface area contributed by atoms with Crippen molar-refractivity contribution in [3.05, 3.63) is 0 Å². The van der Waals surface area contributed by atoms with Crippen molar-refractivity contribution in [3.8, 4) is 0 Å². The van der Waals surface area contributed by atoms with Crippen LogP contribution in [0, 0.1) is 5.92 Å². The molecule has 0 radical (unpaired) electrons. The summed E-state index contributed by atoms with van der Waals surface area (Å²) in [6.45, 7) is 0.976. The van der Waals surface area contributed by atoms with E-state index in [1.54, 1.807) is 7.11 Å². The molecule has 1 fully saturated rings. The van der Waals surface area contributed by atoms with Gasteiger partial charge < -0.3 is 4.74 Å². The maximum atomic E-state index is 5.11. The van der Waals surface area contributed by atoms with Crippen LogP contribution in [-0.4, -0.2) is 17.6 Å². The van der Waals surface area contributed by atoms with Crippen molar-refractivity contribution in [1.29, 1.82) is 0 Å². The fourth-order valence-corrected chi connectivity index (χ4v) is 2.24. The summed E-state index contributed by atoms with van der Waals surface area (Å²) in [5.74, 6) is 0.857. The van der Waals surface area contributed by atoms with Crippen LogP contribution >= 0.6 is 22.6 Å². The van der Waals surface area contributed by atoms with E-state index >= 15 is 0 Å². The second-order valence-corrected chi connectivity index (χ2v) is 4.83. The van der Waals surface area contributed by atoms with E-state index < -0.39 is 0 Å². The van der Waals surface area contributed by atoms with E-state index in [-0.39, 0.29) is 0 Å². The molecule has 2 heteroatoms. The fourth-order valence-electron chi connectivity index (χ4n) is 1.52. The Balaban J connectivity index is 2.13. The van der Waals surface area contributed by atoms with Crippen molar-refractivity contribution in [2.45, 2.75) is 29.6 Å². The summed E-state index contributed by atoms with van der Waals surface area (Å²) in [5.41, 5.74) is 0. The van der Waals surface area contributed by atoms with Crippen molar-refractivity contribution in [1.82, 2.24) is 0 Å². The largest absolute Gasteiger partial charge is 0.384 e. The maximum Gasteiger partial charge on any atom is 0.0490 e. The van der Waals surface area contributed by atoms with Crippen LogP contribution in [-0.2, 0) is 4.74 Å². The van der Waals surface area contributed by atoms with Crippen LogP contribution in [0.1, 0.15) is 25.7 Å². The smallest absolute Gasteiger partial charge is 0.0490 e. The fraction of sp³-hybridized carbons (Fsp3) is 1.00. The van der Waals surface area contributed by atoms with E-state index in [4.69, 9.17) is 4.74 Å². The first kappa shape index (κ1) is 8.78. The van der Waals surface area contributed by atoms with Gasteiger partial charge in [0.25, 0.3) is 0 Å². The van der Waals surface area contributed by atoms with Gasteiger partial charge in [-0.2, -0.15) is 0 Å². The Kier molecular flexibility index (Phi) is 3.99. The monoisotopic (exact) mass is 254 g/mol. The molecule has 1 saturated carbocycles. The minimum atomic E-state index is 0.857. The number of halogens is 1. The van der Waals surface area contributed by atoms with Crippen molar-refractivity contribution in [2.24, 2.45) is 5.92 Å². The highest BCUT2D eigenvalue weighted by molar-refractivity contribution is 14.1. The molecule has 0 aromatic heterocycles. The minimum absolute atomic E-state index is 0.857. The maximum absolute atomic E-state index is 5.11. The predicted octanol–water partition coefficient (Wildman–Crippen LogP) is 2.63. The van der Waals surface area contributed by atoms with Gasteiger partial charge in [0, 0.05) is 17.6 Å². The Labute approximate surface area is 76.7 Å². The molecule has 0 unspecified atom stereocenters. The minimum Gasteiger partial charge on any atom is -0.384 e. The van der Waals surface area contributed by atoms with Gasteiger partial charge in [-0.05, 0) is 31.6 Å². The predicted molar refractivity (Wildman–Crippen MR) is 51.6 cm³/mol. The highest BCUT2D eigenvalue weighted by Crippen LogP contribution is 2.28. The molecule has 60 valence electrons. The lowest BCUT2D eigenvalue weighted by Crippen LogP contribution is -2.17. The Morgan fingerprint density at radius 1 is 1.30 bits per heavy atom. The SMILES string of the molecule is COCC1CCC(I)CC1. The molecule has 1 aliphatic carbocycles. The van der Waals surface area contributed by atoms with Crippen molar-refractivity contribution in [2.75, 3.05) is 13.7 Å². The highest BCUT2D eigenvalue weighted by atomic mass is 127. The van der Waals surface area contributed by atoms with E-state index in [9.17, 15) is 0 Å². The van der Waals surface area contributed by atoms with Gasteiger partial charge in [-0.3, -0.25) is 0 Å². The summed E-state index contributed by atoms with van der Waals surface area (Å²) in [5, 5.41) is 0. The van der Waals surface area contributed by atoms with E-state index in [1.807, 2.05) is 0 Å². The Morgan fingerprint density at radius 2 is 1.90 bits per heavy atom. The quantitative estimate of drug-likeness (QED) is 0.543. The third-order valence-electron chi connectivity index (χ3n) is 2.18. The number of methoxy groups -OCH3 is 1. The molecule has 0 bridgehead atoms. The number of rotatable bonds is 2. The van der Waals surface area contributed by atoms with Gasteiger partial charge in [0.2, 0.25) is 0 Å². The van der Waals surface area contributed by atoms with Crippen LogP contribution in [0.2, 0.25) is 0 Å².